The average Bonchev–Trinajstić information content (AvgIpc) is 3.26. The number of hydrogen-bond donors (Lipinski definition) is 0. The van der Waals surface area contributed by atoms with Crippen molar-refractivity contribution in [3.63, 3.8) is 0 Å². The molecule has 0 radical (unpaired) electrons. The molecule has 1 amide bonds. The number of para-hydroxylation sites is 1. The van der Waals surface area contributed by atoms with Crippen LogP contribution in [0, 0.1) is 17.0 Å². The number of aryl methyl sites for hydroxylation is 1. The van der Waals surface area contributed by atoms with E-state index in [9.17, 15) is 14.9 Å². The van der Waals surface area contributed by atoms with Gasteiger partial charge in [0.1, 0.15) is 5.01 Å². The van der Waals surface area contributed by atoms with Gasteiger partial charge in [0, 0.05) is 23.7 Å². The van der Waals surface area contributed by atoms with E-state index in [-0.39, 0.29) is 17.6 Å². The lowest BCUT2D eigenvalue weighted by molar-refractivity contribution is -0.385. The molecule has 2 heterocycles. The van der Waals surface area contributed by atoms with Crippen LogP contribution in [0.3, 0.4) is 0 Å². The number of carbonyl (C=O) groups excluding carboxylic acids is 1. The van der Waals surface area contributed by atoms with Crippen molar-refractivity contribution in [1.82, 2.24) is 9.88 Å². The molecule has 1 aromatic heterocycles. The fraction of sp³-hybridized carbons (Fsp3) is 0.263. The molecule has 1 atom stereocenters. The monoisotopic (exact) mass is 367 g/mol. The van der Waals surface area contributed by atoms with Crippen LogP contribution in [0.15, 0.2) is 42.5 Å². The van der Waals surface area contributed by atoms with Crippen LogP contribution in [0.2, 0.25) is 0 Å². The Labute approximate surface area is 154 Å². The van der Waals surface area contributed by atoms with Gasteiger partial charge in [-0.05, 0) is 44.0 Å². The highest BCUT2D eigenvalue weighted by Crippen LogP contribution is 2.37. The molecular weight excluding hydrogens is 350 g/mol. The first-order chi connectivity index (χ1) is 12.5. The minimum absolute atomic E-state index is 0.0320. The fourth-order valence-electron chi connectivity index (χ4n) is 3.46. The van der Waals surface area contributed by atoms with Crippen molar-refractivity contribution < 1.29 is 9.72 Å². The van der Waals surface area contributed by atoms with Gasteiger partial charge in [0.2, 0.25) is 0 Å². The second-order valence-electron chi connectivity index (χ2n) is 6.43. The number of nitrogens with zero attached hydrogens (tertiary/aromatic N) is 3. The Morgan fingerprint density at radius 3 is 2.85 bits per heavy atom. The van der Waals surface area contributed by atoms with Crippen LogP contribution in [-0.2, 0) is 0 Å². The van der Waals surface area contributed by atoms with Crippen LogP contribution in [0.5, 0.6) is 0 Å². The van der Waals surface area contributed by atoms with E-state index in [2.05, 4.69) is 0 Å². The van der Waals surface area contributed by atoms with Crippen LogP contribution in [0.1, 0.15) is 39.8 Å². The third-order valence-corrected chi connectivity index (χ3v) is 5.89. The first-order valence-electron chi connectivity index (χ1n) is 8.46. The van der Waals surface area contributed by atoms with Gasteiger partial charge in [-0.15, -0.1) is 11.3 Å². The summed E-state index contributed by atoms with van der Waals surface area (Å²) in [5.41, 5.74) is 1.97. The molecule has 26 heavy (non-hydrogen) atoms. The topological polar surface area (TPSA) is 76.3 Å². The number of hydrogen-bond acceptors (Lipinski definition) is 5. The highest BCUT2D eigenvalue weighted by atomic mass is 32.1. The number of nitro benzene ring substituents is 1. The molecule has 3 aromatic rings. The van der Waals surface area contributed by atoms with Gasteiger partial charge in [0.15, 0.2) is 0 Å². The zero-order valence-electron chi connectivity index (χ0n) is 14.2. The van der Waals surface area contributed by atoms with Gasteiger partial charge in [-0.2, -0.15) is 0 Å². The zero-order valence-corrected chi connectivity index (χ0v) is 15.0. The van der Waals surface area contributed by atoms with Crippen LogP contribution in [0.25, 0.3) is 10.2 Å². The Morgan fingerprint density at radius 1 is 1.31 bits per heavy atom. The average molecular weight is 367 g/mol. The van der Waals surface area contributed by atoms with E-state index in [4.69, 9.17) is 4.98 Å². The van der Waals surface area contributed by atoms with Gasteiger partial charge < -0.3 is 4.90 Å². The summed E-state index contributed by atoms with van der Waals surface area (Å²) in [5, 5.41) is 11.9. The molecule has 132 valence electrons. The van der Waals surface area contributed by atoms with Crippen LogP contribution >= 0.6 is 11.3 Å². The molecule has 0 spiro atoms. The molecule has 6 nitrogen and oxygen atoms in total. The molecule has 4 rings (SSSR count). The first kappa shape index (κ1) is 16.7. The van der Waals surface area contributed by atoms with E-state index in [1.807, 2.05) is 29.2 Å². The summed E-state index contributed by atoms with van der Waals surface area (Å²) in [7, 11) is 0. The number of fused-ring (bicyclic) bond motifs is 1. The molecule has 0 N–H and O–H groups in total. The third kappa shape index (κ3) is 2.84. The predicted octanol–water partition coefficient (Wildman–Crippen LogP) is 4.49. The molecular formula is C19H17N3O3S. The maximum atomic E-state index is 13.0. The molecule has 1 saturated heterocycles. The molecule has 1 unspecified atom stereocenters. The standard InChI is InChI=1S/C19H17N3O3S/c1-12-11-13(8-9-15(12)22(24)25)19(23)21-10-4-6-16(21)18-20-14-5-2-3-7-17(14)26-18/h2-3,5,7-9,11,16H,4,6,10H2,1H3. The second-order valence-corrected chi connectivity index (χ2v) is 7.50. The summed E-state index contributed by atoms with van der Waals surface area (Å²) < 4.78 is 1.12. The predicted molar refractivity (Wildman–Crippen MR) is 100 cm³/mol. The van der Waals surface area contributed by atoms with Crippen molar-refractivity contribution in [1.29, 1.82) is 0 Å². The third-order valence-electron chi connectivity index (χ3n) is 4.75. The maximum Gasteiger partial charge on any atom is 0.272 e. The maximum absolute atomic E-state index is 13.0. The van der Waals surface area contributed by atoms with Crippen molar-refractivity contribution in [2.45, 2.75) is 25.8 Å². The molecule has 0 saturated carbocycles. The van der Waals surface area contributed by atoms with Crippen molar-refractivity contribution >= 4 is 33.1 Å². The molecule has 2 aromatic carbocycles. The number of carbonyl (C=O) groups is 1. The van der Waals surface area contributed by atoms with E-state index >= 15 is 0 Å². The summed E-state index contributed by atoms with van der Waals surface area (Å²) in [6.45, 7) is 2.33. The van der Waals surface area contributed by atoms with E-state index in [0.29, 0.717) is 17.7 Å². The van der Waals surface area contributed by atoms with Crippen molar-refractivity contribution in [2.24, 2.45) is 0 Å². The van der Waals surface area contributed by atoms with E-state index in [1.165, 1.54) is 6.07 Å². The number of nitro groups is 1. The molecule has 0 bridgehead atoms. The summed E-state index contributed by atoms with van der Waals surface area (Å²) in [4.78, 5) is 30.1. The smallest absolute Gasteiger partial charge is 0.272 e. The fourth-order valence-corrected chi connectivity index (χ4v) is 4.57. The lowest BCUT2D eigenvalue weighted by atomic mass is 10.1. The lowest BCUT2D eigenvalue weighted by Crippen LogP contribution is -2.30. The van der Waals surface area contributed by atoms with Crippen LogP contribution in [-0.4, -0.2) is 27.3 Å². The largest absolute Gasteiger partial charge is 0.329 e. The number of likely N-dealkylation sites (tertiary alicyclic amines) is 1. The normalized spacial score (nSPS) is 17.0. The van der Waals surface area contributed by atoms with Gasteiger partial charge in [-0.1, -0.05) is 12.1 Å². The van der Waals surface area contributed by atoms with Crippen molar-refractivity contribution in [3.05, 3.63) is 68.7 Å². The summed E-state index contributed by atoms with van der Waals surface area (Å²) in [6.07, 6.45) is 1.82. The summed E-state index contributed by atoms with van der Waals surface area (Å²) in [6, 6.07) is 12.5. The Hall–Kier alpha value is -2.80. The molecule has 7 heteroatoms. The SMILES string of the molecule is Cc1cc(C(=O)N2CCCC2c2nc3ccccc3s2)ccc1[N+](=O)[O-]. The molecule has 1 aliphatic heterocycles. The van der Waals surface area contributed by atoms with Crippen LogP contribution in [0.4, 0.5) is 5.69 Å². The van der Waals surface area contributed by atoms with Crippen LogP contribution < -0.4 is 0 Å². The van der Waals surface area contributed by atoms with E-state index < -0.39 is 4.92 Å². The number of amides is 1. The van der Waals surface area contributed by atoms with Gasteiger partial charge >= 0.3 is 0 Å². The molecule has 1 aliphatic rings. The van der Waals surface area contributed by atoms with Gasteiger partial charge in [-0.25, -0.2) is 4.98 Å². The Bertz CT molecular complexity index is 981. The number of rotatable bonds is 3. The van der Waals surface area contributed by atoms with Gasteiger partial charge in [0.05, 0.1) is 21.2 Å². The minimum atomic E-state index is -0.427. The quantitative estimate of drug-likeness (QED) is 0.505. The summed E-state index contributed by atoms with van der Waals surface area (Å²) in [5.74, 6) is -0.0928. The Kier molecular flexibility index (Phi) is 4.16. The highest BCUT2D eigenvalue weighted by Gasteiger charge is 2.33. The summed E-state index contributed by atoms with van der Waals surface area (Å²) >= 11 is 1.63. The van der Waals surface area contributed by atoms with Crippen molar-refractivity contribution in [3.8, 4) is 0 Å². The minimum Gasteiger partial charge on any atom is -0.329 e. The Morgan fingerprint density at radius 2 is 2.12 bits per heavy atom. The van der Waals surface area contributed by atoms with Gasteiger partial charge in [-0.3, -0.25) is 14.9 Å². The van der Waals surface area contributed by atoms with Crippen molar-refractivity contribution in [2.75, 3.05) is 6.54 Å². The molecule has 0 aliphatic carbocycles. The lowest BCUT2D eigenvalue weighted by Gasteiger charge is -2.23. The number of thiazole rings is 1. The molecule has 1 fully saturated rings. The Balaban J connectivity index is 1.64. The number of aromatic nitrogens is 1. The zero-order chi connectivity index (χ0) is 18.3. The van der Waals surface area contributed by atoms with E-state index in [0.717, 1.165) is 28.1 Å². The van der Waals surface area contributed by atoms with Gasteiger partial charge in [0.25, 0.3) is 11.6 Å². The van der Waals surface area contributed by atoms with E-state index in [1.54, 1.807) is 30.4 Å². The first-order valence-corrected chi connectivity index (χ1v) is 9.28. The number of benzene rings is 2. The highest BCUT2D eigenvalue weighted by molar-refractivity contribution is 7.18. The second kappa shape index (κ2) is 6.49.